The Morgan fingerprint density at radius 1 is 1.13 bits per heavy atom. The molecule has 0 saturated carbocycles. The number of methoxy groups -OCH3 is 2. The molecule has 1 heterocycles. The molecule has 0 atom stereocenters. The average molecular weight is 319 g/mol. The summed E-state index contributed by atoms with van der Waals surface area (Å²) in [5, 5.41) is 9.96. The minimum Gasteiger partial charge on any atom is -0.506 e. The van der Waals surface area contributed by atoms with Gasteiger partial charge in [-0.25, -0.2) is 14.0 Å². The van der Waals surface area contributed by atoms with Crippen molar-refractivity contribution >= 4 is 17.6 Å². The molecule has 120 valence electrons. The molecular weight excluding hydrogens is 305 g/mol. The lowest BCUT2D eigenvalue weighted by atomic mass is 10.1. The van der Waals surface area contributed by atoms with Crippen molar-refractivity contribution < 1.29 is 28.6 Å². The van der Waals surface area contributed by atoms with Crippen LogP contribution in [0.1, 0.15) is 0 Å². The summed E-state index contributed by atoms with van der Waals surface area (Å²) in [7, 11) is 2.33. The Kier molecular flexibility index (Phi) is 4.80. The lowest BCUT2D eigenvalue weighted by Gasteiger charge is -2.23. The Morgan fingerprint density at radius 3 is 2.43 bits per heavy atom. The van der Waals surface area contributed by atoms with E-state index in [0.717, 1.165) is 19.2 Å². The summed E-state index contributed by atoms with van der Waals surface area (Å²) in [6, 6.07) is 3.29. The van der Waals surface area contributed by atoms with Crippen LogP contribution in [0.15, 0.2) is 53.9 Å². The van der Waals surface area contributed by atoms with Crippen LogP contribution in [-0.2, 0) is 19.1 Å². The Morgan fingerprint density at radius 2 is 1.83 bits per heavy atom. The lowest BCUT2D eigenvalue weighted by molar-refractivity contribution is -0.139. The molecule has 0 aromatic heterocycles. The van der Waals surface area contributed by atoms with Crippen molar-refractivity contribution in [3.63, 3.8) is 0 Å². The van der Waals surface area contributed by atoms with E-state index in [0.29, 0.717) is 0 Å². The monoisotopic (exact) mass is 319 g/mol. The molecule has 1 aliphatic rings. The van der Waals surface area contributed by atoms with E-state index in [4.69, 9.17) is 4.74 Å². The van der Waals surface area contributed by atoms with E-state index < -0.39 is 23.5 Å². The van der Waals surface area contributed by atoms with Gasteiger partial charge in [0.1, 0.15) is 17.3 Å². The normalized spacial score (nSPS) is 13.8. The van der Waals surface area contributed by atoms with Gasteiger partial charge in [-0.05, 0) is 24.3 Å². The number of aromatic hydroxyl groups is 1. The summed E-state index contributed by atoms with van der Waals surface area (Å²) in [6.45, 7) is 0. The minimum atomic E-state index is -0.815. The number of nitrogens with zero attached hydrogens (tertiary/aromatic N) is 1. The molecule has 23 heavy (non-hydrogen) atoms. The molecule has 0 spiro atoms. The third-order valence-electron chi connectivity index (χ3n) is 3.09. The highest BCUT2D eigenvalue weighted by atomic mass is 19.1. The molecule has 6 nitrogen and oxygen atoms in total. The predicted molar refractivity (Wildman–Crippen MR) is 79.9 cm³/mol. The quantitative estimate of drug-likeness (QED) is 0.859. The number of phenols is 1. The first kappa shape index (κ1) is 16.3. The fourth-order valence-corrected chi connectivity index (χ4v) is 2.05. The molecule has 0 saturated heterocycles. The molecule has 0 amide bonds. The maximum Gasteiger partial charge on any atom is 0.355 e. The van der Waals surface area contributed by atoms with Crippen LogP contribution in [0.25, 0.3) is 0 Å². The number of carbonyl (C=O) groups is 2. The van der Waals surface area contributed by atoms with Gasteiger partial charge in [0.25, 0.3) is 0 Å². The van der Waals surface area contributed by atoms with Crippen molar-refractivity contribution in [3.05, 3.63) is 59.7 Å². The van der Waals surface area contributed by atoms with Crippen molar-refractivity contribution in [1.29, 1.82) is 0 Å². The number of phenolic OH excluding ortho intramolecular Hbond substituents is 1. The molecule has 2 rings (SSSR count). The van der Waals surface area contributed by atoms with E-state index in [1.54, 1.807) is 6.08 Å². The Labute approximate surface area is 131 Å². The summed E-state index contributed by atoms with van der Waals surface area (Å²) in [5.41, 5.74) is -0.118. The highest BCUT2D eigenvalue weighted by Gasteiger charge is 2.28. The third kappa shape index (κ3) is 3.23. The maximum absolute atomic E-state index is 13.2. The number of hydrogen-bond acceptors (Lipinski definition) is 6. The van der Waals surface area contributed by atoms with Gasteiger partial charge in [-0.2, -0.15) is 0 Å². The smallest absolute Gasteiger partial charge is 0.355 e. The Hall–Kier alpha value is -3.09. The molecule has 7 heteroatoms. The first-order valence-electron chi connectivity index (χ1n) is 6.53. The minimum absolute atomic E-state index is 0.0620. The zero-order chi connectivity index (χ0) is 17.0. The third-order valence-corrected chi connectivity index (χ3v) is 3.09. The number of benzene rings is 1. The Bertz CT molecular complexity index is 736. The van der Waals surface area contributed by atoms with Crippen LogP contribution in [0.3, 0.4) is 0 Å². The van der Waals surface area contributed by atoms with Gasteiger partial charge in [0, 0.05) is 12.3 Å². The summed E-state index contributed by atoms with van der Waals surface area (Å²) < 4.78 is 22.6. The topological polar surface area (TPSA) is 76.1 Å². The van der Waals surface area contributed by atoms with Crippen LogP contribution >= 0.6 is 0 Å². The summed E-state index contributed by atoms with van der Waals surface area (Å²) in [4.78, 5) is 25.3. The predicted octanol–water partition coefficient (Wildman–Crippen LogP) is 2.02. The number of allylic oxidation sites excluding steroid dienone is 2. The number of carbonyl (C=O) groups excluding carboxylic acids is 2. The number of anilines is 1. The summed E-state index contributed by atoms with van der Waals surface area (Å²) in [6.07, 6.45) is 5.89. The first-order valence-corrected chi connectivity index (χ1v) is 6.53. The molecule has 0 fully saturated rings. The van der Waals surface area contributed by atoms with Gasteiger partial charge >= 0.3 is 11.9 Å². The summed E-state index contributed by atoms with van der Waals surface area (Å²) in [5.74, 6) is -2.61. The molecule has 1 N–H and O–H groups in total. The number of esters is 2. The van der Waals surface area contributed by atoms with E-state index in [9.17, 15) is 19.1 Å². The van der Waals surface area contributed by atoms with Crippen LogP contribution in [0, 0.1) is 5.82 Å². The maximum atomic E-state index is 13.2. The average Bonchev–Trinajstić information content (AvgIpc) is 2.76. The summed E-state index contributed by atoms with van der Waals surface area (Å²) >= 11 is 0. The van der Waals surface area contributed by atoms with Crippen LogP contribution in [0.4, 0.5) is 10.1 Å². The van der Waals surface area contributed by atoms with Crippen LogP contribution in [-0.4, -0.2) is 31.3 Å². The van der Waals surface area contributed by atoms with Gasteiger partial charge in [-0.15, -0.1) is 0 Å². The Balaban J connectivity index is 2.68. The number of ether oxygens (including phenoxy) is 2. The van der Waals surface area contributed by atoms with Gasteiger partial charge in [-0.3, -0.25) is 0 Å². The second-order valence-electron chi connectivity index (χ2n) is 4.45. The fraction of sp³-hybridized carbons (Fsp3) is 0.125. The van der Waals surface area contributed by atoms with Crippen molar-refractivity contribution in [2.75, 3.05) is 19.1 Å². The van der Waals surface area contributed by atoms with E-state index in [2.05, 4.69) is 4.74 Å². The highest BCUT2D eigenvalue weighted by Crippen LogP contribution is 2.33. The first-order chi connectivity index (χ1) is 11.0. The molecule has 0 unspecified atom stereocenters. The van der Waals surface area contributed by atoms with Crippen molar-refractivity contribution in [2.24, 2.45) is 0 Å². The SMILES string of the molecule is COC(=O)C1=C(C(=O)OC)N(c2ccc(F)cc2O)C=CC=C1. The van der Waals surface area contributed by atoms with Crippen LogP contribution in [0.5, 0.6) is 5.75 Å². The molecule has 1 aromatic carbocycles. The van der Waals surface area contributed by atoms with Crippen LogP contribution in [0.2, 0.25) is 0 Å². The molecule has 1 aliphatic heterocycles. The number of halogens is 1. The molecule has 0 radical (unpaired) electrons. The van der Waals surface area contributed by atoms with Gasteiger partial charge in [0.15, 0.2) is 0 Å². The molecular formula is C16H14FNO5. The van der Waals surface area contributed by atoms with Crippen LogP contribution < -0.4 is 4.90 Å². The number of hydrogen-bond donors (Lipinski definition) is 1. The fourth-order valence-electron chi connectivity index (χ4n) is 2.05. The van der Waals surface area contributed by atoms with Gasteiger partial charge in [0.2, 0.25) is 0 Å². The second-order valence-corrected chi connectivity index (χ2v) is 4.45. The van der Waals surface area contributed by atoms with Gasteiger partial charge in [-0.1, -0.05) is 6.08 Å². The van der Waals surface area contributed by atoms with Gasteiger partial charge in [0.05, 0.1) is 25.5 Å². The number of rotatable bonds is 3. The van der Waals surface area contributed by atoms with Gasteiger partial charge < -0.3 is 19.5 Å². The zero-order valence-electron chi connectivity index (χ0n) is 12.4. The largest absolute Gasteiger partial charge is 0.506 e. The lowest BCUT2D eigenvalue weighted by Crippen LogP contribution is -2.27. The van der Waals surface area contributed by atoms with E-state index in [-0.39, 0.29) is 17.0 Å². The standard InChI is InChI=1S/C16H14FNO5/c1-22-15(20)11-5-3-4-8-18(14(11)16(21)23-2)12-7-6-10(17)9-13(12)19/h3-9,19H,1-2H3. The van der Waals surface area contributed by atoms with E-state index >= 15 is 0 Å². The molecule has 0 aliphatic carbocycles. The molecule has 1 aromatic rings. The second kappa shape index (κ2) is 6.78. The van der Waals surface area contributed by atoms with Crippen molar-refractivity contribution in [3.8, 4) is 5.75 Å². The highest BCUT2D eigenvalue weighted by molar-refractivity contribution is 6.05. The van der Waals surface area contributed by atoms with Crippen molar-refractivity contribution in [1.82, 2.24) is 0 Å². The van der Waals surface area contributed by atoms with Crippen molar-refractivity contribution in [2.45, 2.75) is 0 Å². The zero-order valence-corrected chi connectivity index (χ0v) is 12.4. The van der Waals surface area contributed by atoms with E-state index in [1.165, 1.54) is 36.4 Å². The van der Waals surface area contributed by atoms with E-state index in [1.807, 2.05) is 0 Å². The molecule has 0 bridgehead atoms.